The second-order valence-electron chi connectivity index (χ2n) is 4.39. The van der Waals surface area contributed by atoms with Crippen LogP contribution in [0.15, 0.2) is 18.2 Å². The lowest BCUT2D eigenvalue weighted by Crippen LogP contribution is -2.54. The fourth-order valence-corrected chi connectivity index (χ4v) is 2.34. The highest BCUT2D eigenvalue weighted by molar-refractivity contribution is 6.30. The number of hydrogen-bond donors (Lipinski definition) is 1. The molecule has 1 amide bonds. The highest BCUT2D eigenvalue weighted by atomic mass is 35.5. The molecule has 1 N–H and O–H groups in total. The minimum Gasteiger partial charge on any atom is -0.336 e. The summed E-state index contributed by atoms with van der Waals surface area (Å²) >= 11 is 5.73. The molecule has 1 aromatic rings. The first-order valence-corrected chi connectivity index (χ1v) is 6.46. The van der Waals surface area contributed by atoms with E-state index < -0.39 is 5.82 Å². The van der Waals surface area contributed by atoms with Crippen molar-refractivity contribution in [2.75, 3.05) is 13.1 Å². The molecule has 3 nitrogen and oxygen atoms in total. The van der Waals surface area contributed by atoms with Crippen LogP contribution in [0.25, 0.3) is 0 Å². The van der Waals surface area contributed by atoms with Crippen LogP contribution in [0.2, 0.25) is 5.02 Å². The molecule has 1 heterocycles. The summed E-state index contributed by atoms with van der Waals surface area (Å²) in [6.45, 7) is 3.58. The van der Waals surface area contributed by atoms with E-state index in [1.54, 1.807) is 17.0 Å². The van der Waals surface area contributed by atoms with Gasteiger partial charge in [-0.3, -0.25) is 4.79 Å². The fraction of sp³-hybridized carbons (Fsp3) is 0.462. The third-order valence-corrected chi connectivity index (χ3v) is 3.48. The Balaban J connectivity index is 2.13. The van der Waals surface area contributed by atoms with Crippen molar-refractivity contribution in [3.63, 3.8) is 0 Å². The number of hydrogen-bond acceptors (Lipinski definition) is 2. The van der Waals surface area contributed by atoms with E-state index in [0.717, 1.165) is 13.0 Å². The van der Waals surface area contributed by atoms with Crippen molar-refractivity contribution in [2.24, 2.45) is 0 Å². The second-order valence-corrected chi connectivity index (χ2v) is 4.79. The zero-order valence-corrected chi connectivity index (χ0v) is 11.0. The molecule has 2 rings (SSSR count). The van der Waals surface area contributed by atoms with E-state index in [1.807, 2.05) is 6.92 Å². The summed E-state index contributed by atoms with van der Waals surface area (Å²) in [5.41, 5.74) is 0.465. The first-order chi connectivity index (χ1) is 8.63. The normalized spacial score (nSPS) is 20.3. The average molecular weight is 271 g/mol. The van der Waals surface area contributed by atoms with E-state index in [4.69, 9.17) is 11.6 Å². The Morgan fingerprint density at radius 2 is 2.33 bits per heavy atom. The lowest BCUT2D eigenvalue weighted by Gasteiger charge is -2.32. The molecule has 0 bridgehead atoms. The van der Waals surface area contributed by atoms with Gasteiger partial charge < -0.3 is 10.2 Å². The van der Waals surface area contributed by atoms with Crippen molar-refractivity contribution in [1.29, 1.82) is 0 Å². The van der Waals surface area contributed by atoms with Crippen molar-refractivity contribution in [3.8, 4) is 0 Å². The van der Waals surface area contributed by atoms with Gasteiger partial charge in [-0.1, -0.05) is 30.7 Å². The molecule has 0 spiro atoms. The largest absolute Gasteiger partial charge is 0.336 e. The Hall–Kier alpha value is -1.13. The summed E-state index contributed by atoms with van der Waals surface area (Å²) in [7, 11) is 0. The van der Waals surface area contributed by atoms with Gasteiger partial charge in [0.1, 0.15) is 5.82 Å². The topological polar surface area (TPSA) is 32.3 Å². The van der Waals surface area contributed by atoms with Gasteiger partial charge in [-0.2, -0.15) is 0 Å². The maximum absolute atomic E-state index is 13.8. The van der Waals surface area contributed by atoms with E-state index in [-0.39, 0.29) is 23.5 Å². The number of carbonyl (C=O) groups excluding carboxylic acids is 1. The summed E-state index contributed by atoms with van der Waals surface area (Å²) in [4.78, 5) is 13.7. The third-order valence-electron chi connectivity index (χ3n) is 3.18. The summed E-state index contributed by atoms with van der Waals surface area (Å²) in [6, 6.07) is 4.72. The number of benzene rings is 1. The maximum Gasteiger partial charge on any atom is 0.240 e. The molecule has 18 heavy (non-hydrogen) atoms. The Kier molecular flexibility index (Phi) is 4.19. The van der Waals surface area contributed by atoms with Crippen molar-refractivity contribution < 1.29 is 9.18 Å². The summed E-state index contributed by atoms with van der Waals surface area (Å²) < 4.78 is 13.8. The van der Waals surface area contributed by atoms with Crippen LogP contribution in [0.3, 0.4) is 0 Å². The van der Waals surface area contributed by atoms with Crippen LogP contribution in [0.5, 0.6) is 0 Å². The standard InChI is InChI=1S/C13H16ClFN2O/c1-2-11-13(18)17(7-6-16-11)8-9-4-3-5-10(14)12(9)15/h3-5,11,16H,2,6-8H2,1H3. The molecule has 0 aliphatic carbocycles. The minimum absolute atomic E-state index is 0.0307. The van der Waals surface area contributed by atoms with E-state index in [2.05, 4.69) is 5.32 Å². The molecular weight excluding hydrogens is 255 g/mol. The highest BCUT2D eigenvalue weighted by Crippen LogP contribution is 2.20. The van der Waals surface area contributed by atoms with Gasteiger partial charge >= 0.3 is 0 Å². The molecule has 98 valence electrons. The predicted molar refractivity (Wildman–Crippen MR) is 68.9 cm³/mol. The molecule has 1 aliphatic heterocycles. The van der Waals surface area contributed by atoms with Gasteiger partial charge in [0.15, 0.2) is 0 Å². The Bertz CT molecular complexity index is 453. The maximum atomic E-state index is 13.8. The lowest BCUT2D eigenvalue weighted by molar-refractivity contribution is -0.136. The van der Waals surface area contributed by atoms with Crippen LogP contribution < -0.4 is 5.32 Å². The minimum atomic E-state index is -0.432. The summed E-state index contributed by atoms with van der Waals surface area (Å²) in [6.07, 6.45) is 0.743. The number of piperazine rings is 1. The van der Waals surface area contributed by atoms with Crippen LogP contribution in [0, 0.1) is 5.82 Å². The van der Waals surface area contributed by atoms with Gasteiger partial charge in [-0.05, 0) is 12.5 Å². The van der Waals surface area contributed by atoms with Crippen molar-refractivity contribution in [3.05, 3.63) is 34.6 Å². The Morgan fingerprint density at radius 3 is 3.06 bits per heavy atom. The van der Waals surface area contributed by atoms with E-state index in [9.17, 15) is 9.18 Å². The first kappa shape index (κ1) is 13.3. The van der Waals surface area contributed by atoms with Gasteiger partial charge in [0.2, 0.25) is 5.91 Å². The van der Waals surface area contributed by atoms with Crippen molar-refractivity contribution in [2.45, 2.75) is 25.9 Å². The lowest BCUT2D eigenvalue weighted by atomic mass is 10.1. The average Bonchev–Trinajstić information content (AvgIpc) is 2.37. The Labute approximate surface area is 111 Å². The van der Waals surface area contributed by atoms with Crippen LogP contribution in [0.1, 0.15) is 18.9 Å². The smallest absolute Gasteiger partial charge is 0.240 e. The quantitative estimate of drug-likeness (QED) is 0.913. The zero-order chi connectivity index (χ0) is 13.1. The monoisotopic (exact) mass is 270 g/mol. The fourth-order valence-electron chi connectivity index (χ4n) is 2.14. The van der Waals surface area contributed by atoms with Crippen molar-refractivity contribution >= 4 is 17.5 Å². The van der Waals surface area contributed by atoms with Crippen LogP contribution >= 0.6 is 11.6 Å². The van der Waals surface area contributed by atoms with Gasteiger partial charge in [0, 0.05) is 25.2 Å². The number of nitrogens with one attached hydrogen (secondary N) is 1. The van der Waals surface area contributed by atoms with Gasteiger partial charge in [-0.15, -0.1) is 0 Å². The second kappa shape index (κ2) is 5.67. The van der Waals surface area contributed by atoms with Crippen LogP contribution in [-0.4, -0.2) is 29.9 Å². The molecule has 5 heteroatoms. The molecule has 1 aromatic carbocycles. The van der Waals surface area contributed by atoms with E-state index in [1.165, 1.54) is 6.07 Å². The third kappa shape index (κ3) is 2.65. The van der Waals surface area contributed by atoms with Gasteiger partial charge in [0.25, 0.3) is 0 Å². The number of nitrogens with zero attached hydrogens (tertiary/aromatic N) is 1. The number of rotatable bonds is 3. The molecule has 1 unspecified atom stereocenters. The molecule has 1 fully saturated rings. The van der Waals surface area contributed by atoms with E-state index in [0.29, 0.717) is 12.1 Å². The SMILES string of the molecule is CCC1NCCN(Cc2cccc(Cl)c2F)C1=O. The van der Waals surface area contributed by atoms with E-state index >= 15 is 0 Å². The van der Waals surface area contributed by atoms with Crippen LogP contribution in [0.4, 0.5) is 4.39 Å². The first-order valence-electron chi connectivity index (χ1n) is 6.08. The summed E-state index contributed by atoms with van der Waals surface area (Å²) in [5, 5.41) is 3.25. The molecule has 0 radical (unpaired) electrons. The Morgan fingerprint density at radius 1 is 1.56 bits per heavy atom. The van der Waals surface area contributed by atoms with Crippen LogP contribution in [-0.2, 0) is 11.3 Å². The molecule has 1 aliphatic rings. The molecule has 0 aromatic heterocycles. The summed E-state index contributed by atoms with van der Waals surface area (Å²) in [5.74, 6) is -0.401. The zero-order valence-electron chi connectivity index (χ0n) is 10.2. The number of amides is 1. The molecule has 0 saturated carbocycles. The van der Waals surface area contributed by atoms with Crippen molar-refractivity contribution in [1.82, 2.24) is 10.2 Å². The predicted octanol–water partition coefficient (Wildman–Crippen LogP) is 2.19. The van der Waals surface area contributed by atoms with Gasteiger partial charge in [0.05, 0.1) is 11.1 Å². The number of carbonyl (C=O) groups is 1. The van der Waals surface area contributed by atoms with Gasteiger partial charge in [-0.25, -0.2) is 4.39 Å². The molecule has 1 saturated heterocycles. The highest BCUT2D eigenvalue weighted by Gasteiger charge is 2.27. The molecule has 1 atom stereocenters. The molecular formula is C13H16ClFN2O. The number of halogens is 2.